The standard InChI is InChI=1S/C14H11ClIN/c1-14(2)9-6-4-3-5-8(9)13-11(14)12(15)10(16)7-17-13/h3-7H,1-2H3. The predicted molar refractivity (Wildman–Crippen MR) is 79.5 cm³/mol. The third-order valence-electron chi connectivity index (χ3n) is 3.45. The van der Waals surface area contributed by atoms with Gasteiger partial charge in [0.25, 0.3) is 0 Å². The van der Waals surface area contributed by atoms with Crippen molar-refractivity contribution >= 4 is 34.2 Å². The Kier molecular flexibility index (Phi) is 2.49. The van der Waals surface area contributed by atoms with E-state index in [0.29, 0.717) is 0 Å². The van der Waals surface area contributed by atoms with Crippen LogP contribution in [0.3, 0.4) is 0 Å². The second kappa shape index (κ2) is 3.69. The molecule has 0 unspecified atom stereocenters. The molecule has 0 aliphatic heterocycles. The molecular weight excluding hydrogens is 345 g/mol. The number of pyridine rings is 1. The third-order valence-corrected chi connectivity index (χ3v) is 4.98. The zero-order chi connectivity index (χ0) is 12.2. The van der Waals surface area contributed by atoms with Gasteiger partial charge in [0.05, 0.1) is 14.3 Å². The third kappa shape index (κ3) is 1.47. The van der Waals surface area contributed by atoms with Gasteiger partial charge in [0.15, 0.2) is 0 Å². The maximum atomic E-state index is 6.47. The molecule has 0 radical (unpaired) electrons. The van der Waals surface area contributed by atoms with Crippen molar-refractivity contribution < 1.29 is 0 Å². The van der Waals surface area contributed by atoms with E-state index < -0.39 is 0 Å². The lowest BCUT2D eigenvalue weighted by atomic mass is 9.83. The summed E-state index contributed by atoms with van der Waals surface area (Å²) in [4.78, 5) is 4.56. The minimum atomic E-state index is -0.0583. The maximum absolute atomic E-state index is 6.47. The maximum Gasteiger partial charge on any atom is 0.0761 e. The molecule has 0 bridgehead atoms. The van der Waals surface area contributed by atoms with Gasteiger partial charge in [-0.15, -0.1) is 0 Å². The van der Waals surface area contributed by atoms with Crippen LogP contribution in [0.15, 0.2) is 30.5 Å². The van der Waals surface area contributed by atoms with E-state index in [2.05, 4.69) is 65.7 Å². The predicted octanol–water partition coefficient (Wildman–Crippen LogP) is 4.65. The summed E-state index contributed by atoms with van der Waals surface area (Å²) >= 11 is 8.71. The van der Waals surface area contributed by atoms with E-state index in [4.69, 9.17) is 11.6 Å². The van der Waals surface area contributed by atoms with Crippen molar-refractivity contribution in [2.75, 3.05) is 0 Å². The van der Waals surface area contributed by atoms with E-state index in [0.717, 1.165) is 19.9 Å². The lowest BCUT2D eigenvalue weighted by Crippen LogP contribution is -2.16. The van der Waals surface area contributed by atoms with Crippen molar-refractivity contribution in [3.05, 3.63) is 50.2 Å². The molecule has 0 N–H and O–H groups in total. The fourth-order valence-electron chi connectivity index (χ4n) is 2.61. The second-order valence-electron chi connectivity index (χ2n) is 4.81. The Morgan fingerprint density at radius 1 is 1.24 bits per heavy atom. The van der Waals surface area contributed by atoms with Crippen LogP contribution < -0.4 is 0 Å². The molecule has 1 aliphatic rings. The lowest BCUT2D eigenvalue weighted by molar-refractivity contribution is 0.658. The Bertz CT molecular complexity index is 620. The van der Waals surface area contributed by atoms with E-state index in [-0.39, 0.29) is 5.41 Å². The molecule has 0 spiro atoms. The van der Waals surface area contributed by atoms with Gasteiger partial charge in [0, 0.05) is 22.7 Å². The molecule has 2 aromatic rings. The number of hydrogen-bond donors (Lipinski definition) is 0. The molecule has 0 atom stereocenters. The van der Waals surface area contributed by atoms with Crippen LogP contribution in [0.2, 0.25) is 5.02 Å². The zero-order valence-electron chi connectivity index (χ0n) is 9.59. The van der Waals surface area contributed by atoms with Gasteiger partial charge in [-0.1, -0.05) is 49.7 Å². The number of hydrogen-bond acceptors (Lipinski definition) is 1. The number of halogens is 2. The van der Waals surface area contributed by atoms with Crippen molar-refractivity contribution in [3.63, 3.8) is 0 Å². The molecule has 1 aromatic carbocycles. The monoisotopic (exact) mass is 355 g/mol. The molecule has 3 rings (SSSR count). The summed E-state index contributed by atoms with van der Waals surface area (Å²) in [5.41, 5.74) is 4.66. The number of benzene rings is 1. The van der Waals surface area contributed by atoms with Gasteiger partial charge < -0.3 is 0 Å². The van der Waals surface area contributed by atoms with Crippen LogP contribution in [0.1, 0.15) is 25.0 Å². The van der Waals surface area contributed by atoms with Crippen molar-refractivity contribution in [3.8, 4) is 11.3 Å². The largest absolute Gasteiger partial charge is 0.255 e. The molecule has 0 fully saturated rings. The molecule has 3 heteroatoms. The summed E-state index contributed by atoms with van der Waals surface area (Å²) in [6, 6.07) is 8.42. The van der Waals surface area contributed by atoms with Crippen LogP contribution in [0.25, 0.3) is 11.3 Å². The lowest BCUT2D eigenvalue weighted by Gasteiger charge is -2.22. The van der Waals surface area contributed by atoms with E-state index in [1.165, 1.54) is 11.1 Å². The molecule has 0 saturated heterocycles. The highest BCUT2D eigenvalue weighted by atomic mass is 127. The second-order valence-corrected chi connectivity index (χ2v) is 6.35. The Morgan fingerprint density at radius 2 is 1.94 bits per heavy atom. The highest BCUT2D eigenvalue weighted by molar-refractivity contribution is 14.1. The number of rotatable bonds is 0. The first-order valence-electron chi connectivity index (χ1n) is 5.48. The molecule has 86 valence electrons. The summed E-state index contributed by atoms with van der Waals surface area (Å²) in [7, 11) is 0. The number of aromatic nitrogens is 1. The molecule has 1 aromatic heterocycles. The van der Waals surface area contributed by atoms with E-state index in [1.807, 2.05) is 6.20 Å². The van der Waals surface area contributed by atoms with Gasteiger partial charge >= 0.3 is 0 Å². The smallest absolute Gasteiger partial charge is 0.0761 e. The summed E-state index contributed by atoms with van der Waals surface area (Å²) in [5.74, 6) is 0. The zero-order valence-corrected chi connectivity index (χ0v) is 12.5. The van der Waals surface area contributed by atoms with Crippen LogP contribution in [-0.4, -0.2) is 4.98 Å². The van der Waals surface area contributed by atoms with Crippen molar-refractivity contribution in [1.29, 1.82) is 0 Å². The topological polar surface area (TPSA) is 12.9 Å². The Hall–Kier alpha value is -0.610. The van der Waals surface area contributed by atoms with E-state index >= 15 is 0 Å². The van der Waals surface area contributed by atoms with Gasteiger partial charge in [0.1, 0.15) is 0 Å². The Labute approximate surface area is 119 Å². The summed E-state index contributed by atoms with van der Waals surface area (Å²) in [6.07, 6.45) is 1.85. The first-order valence-corrected chi connectivity index (χ1v) is 6.93. The SMILES string of the molecule is CC1(C)c2ccccc2-c2ncc(I)c(Cl)c21. The molecular formula is C14H11ClIN. The minimum absolute atomic E-state index is 0.0583. The number of fused-ring (bicyclic) bond motifs is 3. The van der Waals surface area contributed by atoms with Gasteiger partial charge in [-0.05, 0) is 28.2 Å². The van der Waals surface area contributed by atoms with Gasteiger partial charge in [-0.25, -0.2) is 0 Å². The summed E-state index contributed by atoms with van der Waals surface area (Å²) in [5, 5.41) is 0.844. The quantitative estimate of drug-likeness (QED) is 0.627. The normalized spacial score (nSPS) is 15.5. The van der Waals surface area contributed by atoms with Crippen molar-refractivity contribution in [2.45, 2.75) is 19.3 Å². The van der Waals surface area contributed by atoms with Gasteiger partial charge in [0.2, 0.25) is 0 Å². The molecule has 1 heterocycles. The fraction of sp³-hybridized carbons (Fsp3) is 0.214. The van der Waals surface area contributed by atoms with Crippen molar-refractivity contribution in [1.82, 2.24) is 4.98 Å². The summed E-state index contributed by atoms with van der Waals surface area (Å²) < 4.78 is 1.02. The van der Waals surface area contributed by atoms with Crippen LogP contribution in [0, 0.1) is 3.57 Å². The van der Waals surface area contributed by atoms with Gasteiger partial charge in [-0.2, -0.15) is 0 Å². The first kappa shape index (κ1) is 11.5. The molecule has 0 amide bonds. The molecule has 1 aliphatic carbocycles. The minimum Gasteiger partial charge on any atom is -0.255 e. The van der Waals surface area contributed by atoms with Gasteiger partial charge in [-0.3, -0.25) is 4.98 Å². The van der Waals surface area contributed by atoms with Crippen LogP contribution in [0.4, 0.5) is 0 Å². The van der Waals surface area contributed by atoms with Crippen LogP contribution in [-0.2, 0) is 5.41 Å². The Morgan fingerprint density at radius 3 is 2.71 bits per heavy atom. The average molecular weight is 356 g/mol. The highest BCUT2D eigenvalue weighted by Crippen LogP contribution is 2.50. The molecule has 1 nitrogen and oxygen atoms in total. The Balaban J connectivity index is 2.44. The van der Waals surface area contributed by atoms with Crippen molar-refractivity contribution in [2.24, 2.45) is 0 Å². The van der Waals surface area contributed by atoms with Crippen LogP contribution in [0.5, 0.6) is 0 Å². The highest BCUT2D eigenvalue weighted by Gasteiger charge is 2.38. The molecule has 17 heavy (non-hydrogen) atoms. The average Bonchev–Trinajstić information content (AvgIpc) is 2.54. The number of nitrogens with zero attached hydrogens (tertiary/aromatic N) is 1. The fourth-order valence-corrected chi connectivity index (χ4v) is 3.39. The molecule has 0 saturated carbocycles. The van der Waals surface area contributed by atoms with E-state index in [9.17, 15) is 0 Å². The van der Waals surface area contributed by atoms with Crippen LogP contribution >= 0.6 is 34.2 Å². The van der Waals surface area contributed by atoms with E-state index in [1.54, 1.807) is 0 Å². The first-order chi connectivity index (χ1) is 8.03. The summed E-state index contributed by atoms with van der Waals surface area (Å²) in [6.45, 7) is 4.42.